The molecule has 0 aromatic heterocycles. The lowest BCUT2D eigenvalue weighted by atomic mass is 9.93. The maximum absolute atomic E-state index is 12.2. The predicted octanol–water partition coefficient (Wildman–Crippen LogP) is 8.46. The first-order valence-electron chi connectivity index (χ1n) is 14.5. The van der Waals surface area contributed by atoms with Crippen molar-refractivity contribution in [2.75, 3.05) is 6.61 Å². The van der Waals surface area contributed by atoms with Crippen LogP contribution in [-0.4, -0.2) is 30.6 Å². The Labute approximate surface area is 225 Å². The first kappa shape index (κ1) is 30.8. The Hall–Kier alpha value is -2.46. The van der Waals surface area contributed by atoms with Crippen LogP contribution in [0.3, 0.4) is 0 Å². The van der Waals surface area contributed by atoms with E-state index in [4.69, 9.17) is 9.47 Å². The molecule has 0 aromatic carbocycles. The highest BCUT2D eigenvalue weighted by Crippen LogP contribution is 2.25. The van der Waals surface area contributed by atoms with Crippen LogP contribution >= 0.6 is 0 Å². The minimum Gasteiger partial charge on any atom is -0.463 e. The molecule has 0 unspecified atom stereocenters. The molecule has 37 heavy (non-hydrogen) atoms. The second-order valence-electron chi connectivity index (χ2n) is 9.90. The van der Waals surface area contributed by atoms with Crippen molar-refractivity contribution in [1.29, 1.82) is 0 Å². The number of rotatable bonds is 18. The number of esters is 1. The van der Waals surface area contributed by atoms with E-state index in [1.807, 2.05) is 0 Å². The molecule has 0 aromatic rings. The van der Waals surface area contributed by atoms with Crippen LogP contribution in [0.4, 0.5) is 0 Å². The number of ether oxygens (including phenoxy) is 2. The van der Waals surface area contributed by atoms with Crippen molar-refractivity contribution in [3.8, 4) is 0 Å². The second kappa shape index (κ2) is 20.6. The van der Waals surface area contributed by atoms with Gasteiger partial charge in [0.1, 0.15) is 18.8 Å². The monoisotopic (exact) mass is 508 g/mol. The summed E-state index contributed by atoms with van der Waals surface area (Å²) in [6.07, 6.45) is 37.6. The minimum atomic E-state index is -0.449. The Morgan fingerprint density at radius 2 is 1.62 bits per heavy atom. The van der Waals surface area contributed by atoms with Crippen LogP contribution in [0.5, 0.6) is 0 Å². The van der Waals surface area contributed by atoms with Crippen LogP contribution in [0.25, 0.3) is 0 Å². The van der Waals surface area contributed by atoms with Crippen molar-refractivity contribution < 1.29 is 19.1 Å². The lowest BCUT2D eigenvalue weighted by molar-refractivity contribution is -0.149. The number of hydrogen-bond donors (Lipinski definition) is 0. The summed E-state index contributed by atoms with van der Waals surface area (Å²) in [5.41, 5.74) is 1.31. The van der Waals surface area contributed by atoms with Crippen LogP contribution < -0.4 is 0 Å². The number of unbranched alkanes of at least 4 members (excludes halogenated alkanes) is 4. The summed E-state index contributed by atoms with van der Waals surface area (Å²) in [5, 5.41) is 0. The molecular formula is C33H48O4. The van der Waals surface area contributed by atoms with E-state index in [0.717, 1.165) is 44.9 Å². The second-order valence-corrected chi connectivity index (χ2v) is 9.90. The molecule has 2 rings (SSSR count). The molecular weight excluding hydrogens is 460 g/mol. The molecule has 4 heteroatoms. The normalized spacial score (nSPS) is 20.6. The lowest BCUT2D eigenvalue weighted by Crippen LogP contribution is -2.35. The van der Waals surface area contributed by atoms with E-state index in [1.54, 1.807) is 12.2 Å². The molecule has 0 spiro atoms. The fourth-order valence-corrected chi connectivity index (χ4v) is 4.38. The molecule has 0 saturated heterocycles. The van der Waals surface area contributed by atoms with Gasteiger partial charge in [-0.25, -0.2) is 0 Å². The Kier molecular flexibility index (Phi) is 17.1. The van der Waals surface area contributed by atoms with Crippen molar-refractivity contribution >= 4 is 11.8 Å². The maximum Gasteiger partial charge on any atom is 0.305 e. The zero-order chi connectivity index (χ0) is 26.4. The molecule has 0 bridgehead atoms. The molecule has 1 aliphatic carbocycles. The number of carbonyl (C=O) groups is 2. The third-order valence-electron chi connectivity index (χ3n) is 6.58. The van der Waals surface area contributed by atoms with Crippen LogP contribution in [0, 0.1) is 0 Å². The summed E-state index contributed by atoms with van der Waals surface area (Å²) >= 11 is 0. The highest BCUT2D eigenvalue weighted by Gasteiger charge is 2.27. The van der Waals surface area contributed by atoms with Crippen LogP contribution in [0.2, 0.25) is 0 Å². The first-order chi connectivity index (χ1) is 18.2. The van der Waals surface area contributed by atoms with E-state index in [0.29, 0.717) is 12.8 Å². The van der Waals surface area contributed by atoms with Gasteiger partial charge in [0.25, 0.3) is 0 Å². The summed E-state index contributed by atoms with van der Waals surface area (Å²) in [5.74, 6) is -0.204. The average Bonchev–Trinajstić information content (AvgIpc) is 2.91. The highest BCUT2D eigenvalue weighted by molar-refractivity contribution is 5.94. The molecule has 0 N–H and O–H groups in total. The van der Waals surface area contributed by atoms with Gasteiger partial charge in [-0.1, -0.05) is 80.0 Å². The fraction of sp³-hybridized carbons (Fsp3) is 0.576. The van der Waals surface area contributed by atoms with Gasteiger partial charge in [-0.3, -0.25) is 9.59 Å². The largest absolute Gasteiger partial charge is 0.463 e. The summed E-state index contributed by atoms with van der Waals surface area (Å²) in [6.45, 7) is 2.40. The Balaban J connectivity index is 1.47. The number of ketones is 1. The van der Waals surface area contributed by atoms with Crippen LogP contribution in [0.1, 0.15) is 103 Å². The number of allylic oxidation sites excluding steroid dienone is 9. The van der Waals surface area contributed by atoms with Gasteiger partial charge < -0.3 is 9.47 Å². The minimum absolute atomic E-state index is 0.00747. The van der Waals surface area contributed by atoms with E-state index in [-0.39, 0.29) is 24.5 Å². The van der Waals surface area contributed by atoms with Crippen LogP contribution in [-0.2, 0) is 19.1 Å². The molecule has 4 nitrogen and oxygen atoms in total. The van der Waals surface area contributed by atoms with Gasteiger partial charge in [0.2, 0.25) is 0 Å². The standard InChI is InChI=1S/C33H48O4/c1-2-3-4-5-6-7-8-9-10-11-12-13-14-15-16-17-21-24-33(35)36-28-30-25-26-31(34)32(37-30)27-29-22-19-18-20-23-29/h6-7,9-10,12-13,15-16,22,25-26,30,32H,2-5,8,11,14,17-21,23-24,27-28H2,1H3/b7-6-,10-9-,13-12-,16-15-/t30-,32+/m0/s1. The molecule has 0 fully saturated rings. The van der Waals surface area contributed by atoms with E-state index >= 15 is 0 Å². The highest BCUT2D eigenvalue weighted by atomic mass is 16.6. The molecule has 0 saturated carbocycles. The van der Waals surface area contributed by atoms with Crippen molar-refractivity contribution in [1.82, 2.24) is 0 Å². The quantitative estimate of drug-likeness (QED) is 0.106. The number of hydrogen-bond acceptors (Lipinski definition) is 4. The average molecular weight is 509 g/mol. The van der Waals surface area contributed by atoms with Gasteiger partial charge in [0.15, 0.2) is 5.78 Å². The maximum atomic E-state index is 12.2. The SMILES string of the molecule is CCCCC/C=C\C/C=C\C/C=C\C/C=C\CCCC(=O)OC[C@@H]1C=CC(=O)[C@@H](CC2=CCCCC2)O1. The molecule has 0 radical (unpaired) electrons. The molecule has 1 heterocycles. The van der Waals surface area contributed by atoms with E-state index in [2.05, 4.69) is 61.6 Å². The predicted molar refractivity (Wildman–Crippen MR) is 153 cm³/mol. The smallest absolute Gasteiger partial charge is 0.305 e. The lowest BCUT2D eigenvalue weighted by Gasteiger charge is -2.26. The van der Waals surface area contributed by atoms with Crippen molar-refractivity contribution in [2.24, 2.45) is 0 Å². The molecule has 1 aliphatic heterocycles. The van der Waals surface area contributed by atoms with Gasteiger partial charge in [-0.15, -0.1) is 0 Å². The van der Waals surface area contributed by atoms with E-state index in [1.165, 1.54) is 44.1 Å². The summed E-state index contributed by atoms with van der Waals surface area (Å²) in [6, 6.07) is 0. The van der Waals surface area contributed by atoms with Crippen LogP contribution in [0.15, 0.2) is 72.4 Å². The fourth-order valence-electron chi connectivity index (χ4n) is 4.38. The third kappa shape index (κ3) is 15.4. The Morgan fingerprint density at radius 3 is 2.27 bits per heavy atom. The van der Waals surface area contributed by atoms with E-state index in [9.17, 15) is 9.59 Å². The molecule has 204 valence electrons. The van der Waals surface area contributed by atoms with Crippen molar-refractivity contribution in [3.05, 3.63) is 72.4 Å². The summed E-state index contributed by atoms with van der Waals surface area (Å²) in [4.78, 5) is 24.3. The Morgan fingerprint density at radius 1 is 0.946 bits per heavy atom. The molecule has 0 amide bonds. The van der Waals surface area contributed by atoms with Gasteiger partial charge in [-0.2, -0.15) is 0 Å². The van der Waals surface area contributed by atoms with Gasteiger partial charge in [0.05, 0.1) is 0 Å². The first-order valence-corrected chi connectivity index (χ1v) is 14.5. The zero-order valence-corrected chi connectivity index (χ0v) is 23.0. The summed E-state index contributed by atoms with van der Waals surface area (Å²) < 4.78 is 11.3. The topological polar surface area (TPSA) is 52.6 Å². The van der Waals surface area contributed by atoms with E-state index < -0.39 is 6.10 Å². The third-order valence-corrected chi connectivity index (χ3v) is 6.58. The molecule has 2 aliphatic rings. The molecule has 2 atom stereocenters. The van der Waals surface area contributed by atoms with Crippen molar-refractivity contribution in [2.45, 2.75) is 115 Å². The van der Waals surface area contributed by atoms with Crippen molar-refractivity contribution in [3.63, 3.8) is 0 Å². The van der Waals surface area contributed by atoms with Gasteiger partial charge in [-0.05, 0) is 82.8 Å². The van der Waals surface area contributed by atoms with Gasteiger partial charge in [0, 0.05) is 12.8 Å². The van der Waals surface area contributed by atoms with Gasteiger partial charge >= 0.3 is 5.97 Å². The number of carbonyl (C=O) groups excluding carboxylic acids is 2. The summed E-state index contributed by atoms with van der Waals surface area (Å²) in [7, 11) is 0. The Bertz CT molecular complexity index is 827. The zero-order valence-electron chi connectivity index (χ0n) is 23.0.